The summed E-state index contributed by atoms with van der Waals surface area (Å²) >= 11 is 1.73. The van der Waals surface area contributed by atoms with E-state index >= 15 is 0 Å². The molecule has 1 aliphatic carbocycles. The monoisotopic (exact) mass is 312 g/mol. The van der Waals surface area contributed by atoms with Gasteiger partial charge in [-0.3, -0.25) is 9.78 Å². The second-order valence-electron chi connectivity index (χ2n) is 5.67. The van der Waals surface area contributed by atoms with Gasteiger partial charge in [0, 0.05) is 23.3 Å². The molecule has 0 aliphatic heterocycles. The van der Waals surface area contributed by atoms with Crippen LogP contribution in [-0.4, -0.2) is 10.9 Å². The fraction of sp³-hybridized carbons (Fsp3) is 0.333. The molecule has 1 N–H and O–H groups in total. The van der Waals surface area contributed by atoms with Crippen molar-refractivity contribution in [2.45, 2.75) is 31.7 Å². The molecule has 1 saturated carbocycles. The summed E-state index contributed by atoms with van der Waals surface area (Å²) in [6, 6.07) is 8.13. The van der Waals surface area contributed by atoms with Crippen molar-refractivity contribution in [2.24, 2.45) is 5.92 Å². The molecule has 2 heterocycles. The van der Waals surface area contributed by atoms with Gasteiger partial charge in [0.15, 0.2) is 0 Å². The van der Waals surface area contributed by atoms with E-state index in [9.17, 15) is 4.79 Å². The summed E-state index contributed by atoms with van der Waals surface area (Å²) in [6.45, 7) is 0. The number of aromatic nitrogens is 1. The number of carbonyl (C=O) groups excluding carboxylic acids is 1. The van der Waals surface area contributed by atoms with Crippen LogP contribution in [-0.2, 0) is 4.79 Å². The third-order valence-corrected chi connectivity index (χ3v) is 5.09. The van der Waals surface area contributed by atoms with Gasteiger partial charge < -0.3 is 5.32 Å². The van der Waals surface area contributed by atoms with Crippen LogP contribution in [0, 0.1) is 5.92 Å². The Morgan fingerprint density at radius 1 is 1.32 bits per heavy atom. The molecule has 0 radical (unpaired) electrons. The predicted molar refractivity (Wildman–Crippen MR) is 90.4 cm³/mol. The van der Waals surface area contributed by atoms with Crippen molar-refractivity contribution in [3.05, 3.63) is 58.6 Å². The molecule has 1 atom stereocenters. The first-order chi connectivity index (χ1) is 10.8. The van der Waals surface area contributed by atoms with Crippen molar-refractivity contribution in [1.29, 1.82) is 0 Å². The van der Waals surface area contributed by atoms with Gasteiger partial charge in [-0.2, -0.15) is 0 Å². The standard InChI is InChI=1S/C18H20N2OS/c21-17(10-9-14-5-3-11-19-13-14)20-18(15-6-1-2-7-15)16-8-4-12-22-16/h3-5,8-13,15,18H,1-2,6-7H2,(H,20,21). The summed E-state index contributed by atoms with van der Waals surface area (Å²) in [5.41, 5.74) is 0.936. The van der Waals surface area contributed by atoms with Crippen LogP contribution >= 0.6 is 11.3 Å². The predicted octanol–water partition coefficient (Wildman–Crippen LogP) is 4.20. The maximum absolute atomic E-state index is 12.3. The van der Waals surface area contributed by atoms with E-state index in [2.05, 4.69) is 27.8 Å². The first-order valence-corrected chi connectivity index (χ1v) is 8.63. The van der Waals surface area contributed by atoms with Crippen LogP contribution in [0.15, 0.2) is 48.1 Å². The van der Waals surface area contributed by atoms with Gasteiger partial charge in [0.2, 0.25) is 5.91 Å². The average molecular weight is 312 g/mol. The smallest absolute Gasteiger partial charge is 0.244 e. The maximum atomic E-state index is 12.3. The van der Waals surface area contributed by atoms with Crippen LogP contribution in [0.2, 0.25) is 0 Å². The third kappa shape index (κ3) is 3.83. The number of rotatable bonds is 5. The molecule has 22 heavy (non-hydrogen) atoms. The van der Waals surface area contributed by atoms with E-state index in [1.165, 1.54) is 30.6 Å². The van der Waals surface area contributed by atoms with Gasteiger partial charge in [-0.15, -0.1) is 11.3 Å². The van der Waals surface area contributed by atoms with Crippen molar-refractivity contribution >= 4 is 23.3 Å². The van der Waals surface area contributed by atoms with E-state index in [1.807, 2.05) is 18.2 Å². The topological polar surface area (TPSA) is 42.0 Å². The van der Waals surface area contributed by atoms with Crippen molar-refractivity contribution in [2.75, 3.05) is 0 Å². The Bertz CT molecular complexity index is 616. The van der Waals surface area contributed by atoms with E-state index in [4.69, 9.17) is 0 Å². The van der Waals surface area contributed by atoms with Crippen molar-refractivity contribution in [1.82, 2.24) is 10.3 Å². The van der Waals surface area contributed by atoms with Gasteiger partial charge in [0.05, 0.1) is 6.04 Å². The van der Waals surface area contributed by atoms with Gasteiger partial charge in [-0.1, -0.05) is 25.0 Å². The zero-order valence-electron chi connectivity index (χ0n) is 12.4. The number of nitrogens with one attached hydrogen (secondary N) is 1. The molecule has 2 aromatic rings. The Hall–Kier alpha value is -1.94. The molecule has 1 amide bonds. The summed E-state index contributed by atoms with van der Waals surface area (Å²) in [7, 11) is 0. The minimum atomic E-state index is -0.0332. The van der Waals surface area contributed by atoms with Crippen LogP contribution < -0.4 is 5.32 Å². The summed E-state index contributed by atoms with van der Waals surface area (Å²) < 4.78 is 0. The molecule has 2 aromatic heterocycles. The number of thiophene rings is 1. The minimum Gasteiger partial charge on any atom is -0.345 e. The van der Waals surface area contributed by atoms with Crippen LogP contribution in [0.1, 0.15) is 42.2 Å². The molecule has 0 saturated heterocycles. The number of carbonyl (C=O) groups is 1. The zero-order chi connectivity index (χ0) is 15.2. The Labute approximate surface area is 135 Å². The zero-order valence-corrected chi connectivity index (χ0v) is 13.3. The van der Waals surface area contributed by atoms with Gasteiger partial charge in [-0.25, -0.2) is 0 Å². The van der Waals surface area contributed by atoms with E-state index in [-0.39, 0.29) is 11.9 Å². The third-order valence-electron chi connectivity index (χ3n) is 4.13. The molecule has 1 unspecified atom stereocenters. The summed E-state index contributed by atoms with van der Waals surface area (Å²) in [4.78, 5) is 17.6. The molecule has 0 aromatic carbocycles. The Balaban J connectivity index is 1.67. The summed E-state index contributed by atoms with van der Waals surface area (Å²) in [6.07, 6.45) is 11.8. The van der Waals surface area contributed by atoms with Crippen LogP contribution in [0.4, 0.5) is 0 Å². The molecule has 114 valence electrons. The molecule has 0 bridgehead atoms. The lowest BCUT2D eigenvalue weighted by Crippen LogP contribution is -2.30. The number of hydrogen-bond donors (Lipinski definition) is 1. The number of nitrogens with zero attached hydrogens (tertiary/aromatic N) is 1. The molecule has 4 heteroatoms. The maximum Gasteiger partial charge on any atom is 0.244 e. The Morgan fingerprint density at radius 2 is 2.18 bits per heavy atom. The van der Waals surface area contributed by atoms with Crippen LogP contribution in [0.3, 0.4) is 0 Å². The van der Waals surface area contributed by atoms with E-state index in [0.29, 0.717) is 5.92 Å². The summed E-state index contributed by atoms with van der Waals surface area (Å²) in [5, 5.41) is 5.27. The lowest BCUT2D eigenvalue weighted by Gasteiger charge is -2.23. The highest BCUT2D eigenvalue weighted by molar-refractivity contribution is 7.10. The van der Waals surface area contributed by atoms with Crippen molar-refractivity contribution in [3.63, 3.8) is 0 Å². The fourth-order valence-corrected chi connectivity index (χ4v) is 3.90. The highest BCUT2D eigenvalue weighted by Gasteiger charge is 2.27. The molecule has 1 fully saturated rings. The fourth-order valence-electron chi connectivity index (χ4n) is 3.03. The molecular formula is C18H20N2OS. The van der Waals surface area contributed by atoms with Crippen molar-refractivity contribution in [3.8, 4) is 0 Å². The lowest BCUT2D eigenvalue weighted by molar-refractivity contribution is -0.117. The van der Waals surface area contributed by atoms with Gasteiger partial charge in [0.25, 0.3) is 0 Å². The van der Waals surface area contributed by atoms with Gasteiger partial charge in [0.1, 0.15) is 0 Å². The number of amides is 1. The molecule has 3 rings (SSSR count). The number of hydrogen-bond acceptors (Lipinski definition) is 3. The minimum absolute atomic E-state index is 0.0332. The Kier molecular flexibility index (Phi) is 5.01. The second-order valence-corrected chi connectivity index (χ2v) is 6.65. The SMILES string of the molecule is O=C(C=Cc1cccnc1)NC(c1cccs1)C1CCCC1. The molecule has 0 spiro atoms. The first-order valence-electron chi connectivity index (χ1n) is 7.75. The molecule has 1 aliphatic rings. The summed E-state index contributed by atoms with van der Waals surface area (Å²) in [5.74, 6) is 0.531. The van der Waals surface area contributed by atoms with E-state index < -0.39 is 0 Å². The van der Waals surface area contributed by atoms with Crippen molar-refractivity contribution < 1.29 is 4.79 Å². The average Bonchev–Trinajstić information content (AvgIpc) is 3.25. The van der Waals surface area contributed by atoms with Crippen LogP contribution in [0.25, 0.3) is 6.08 Å². The lowest BCUT2D eigenvalue weighted by atomic mass is 9.96. The molecule has 3 nitrogen and oxygen atoms in total. The van der Waals surface area contributed by atoms with Gasteiger partial charge >= 0.3 is 0 Å². The second kappa shape index (κ2) is 7.36. The van der Waals surface area contributed by atoms with Gasteiger partial charge in [-0.05, 0) is 47.9 Å². The van der Waals surface area contributed by atoms with E-state index in [1.54, 1.807) is 29.8 Å². The highest BCUT2D eigenvalue weighted by Crippen LogP contribution is 2.37. The quantitative estimate of drug-likeness (QED) is 0.841. The molecular weight excluding hydrogens is 292 g/mol. The number of pyridine rings is 1. The largest absolute Gasteiger partial charge is 0.345 e. The highest BCUT2D eigenvalue weighted by atomic mass is 32.1. The normalized spacial score (nSPS) is 16.9. The first kappa shape index (κ1) is 15.0. The van der Waals surface area contributed by atoms with Crippen LogP contribution in [0.5, 0.6) is 0 Å². The van der Waals surface area contributed by atoms with E-state index in [0.717, 1.165) is 5.56 Å². The Morgan fingerprint density at radius 3 is 2.86 bits per heavy atom.